The second kappa shape index (κ2) is 3.38. The highest BCUT2D eigenvalue weighted by molar-refractivity contribution is 7.10. The van der Waals surface area contributed by atoms with Gasteiger partial charge in [-0.25, -0.2) is 0 Å². The lowest BCUT2D eigenvalue weighted by atomic mass is 10.1. The molecule has 1 saturated carbocycles. The molecule has 1 aromatic carbocycles. The Bertz CT molecular complexity index is 461. The Kier molecular flexibility index (Phi) is 2.03. The smallest absolute Gasteiger partial charge is 0.115 e. The van der Waals surface area contributed by atoms with Gasteiger partial charge in [0.1, 0.15) is 5.75 Å². The van der Waals surface area contributed by atoms with Crippen LogP contribution in [0.4, 0.5) is 0 Å². The molecule has 1 fully saturated rings. The van der Waals surface area contributed by atoms with E-state index >= 15 is 0 Å². The summed E-state index contributed by atoms with van der Waals surface area (Å²) in [4.78, 5) is 1.48. The largest absolute Gasteiger partial charge is 0.508 e. The first-order valence-corrected chi connectivity index (χ1v) is 6.05. The van der Waals surface area contributed by atoms with E-state index in [0.29, 0.717) is 17.6 Å². The van der Waals surface area contributed by atoms with Crippen molar-refractivity contribution in [2.45, 2.75) is 18.3 Å². The number of rotatable bonds is 2. The molecule has 1 aromatic heterocycles. The monoisotopic (exact) mass is 216 g/mol. The zero-order chi connectivity index (χ0) is 10.3. The Morgan fingerprint density at radius 1 is 1.13 bits per heavy atom. The molecule has 15 heavy (non-hydrogen) atoms. The minimum absolute atomic E-state index is 0.379. The van der Waals surface area contributed by atoms with Gasteiger partial charge in [-0.3, -0.25) is 0 Å². The summed E-state index contributed by atoms with van der Waals surface area (Å²) in [5, 5.41) is 11.5. The lowest BCUT2D eigenvalue weighted by Gasteiger charge is -1.99. The van der Waals surface area contributed by atoms with Crippen molar-refractivity contribution in [2.24, 2.45) is 0 Å². The molecule has 1 N–H and O–H groups in total. The third kappa shape index (κ3) is 1.65. The predicted octanol–water partition coefficient (Wildman–Crippen LogP) is 3.72. The Morgan fingerprint density at radius 3 is 2.80 bits per heavy atom. The molecule has 1 heterocycles. The third-order valence-electron chi connectivity index (χ3n) is 3.00. The molecule has 2 heteroatoms. The van der Waals surface area contributed by atoms with Gasteiger partial charge in [0.25, 0.3) is 0 Å². The summed E-state index contributed by atoms with van der Waals surface area (Å²) in [5.74, 6) is 1.69. The molecular weight excluding hydrogens is 204 g/mol. The van der Waals surface area contributed by atoms with Gasteiger partial charge in [0.2, 0.25) is 0 Å². The van der Waals surface area contributed by atoms with Crippen molar-refractivity contribution in [1.82, 2.24) is 0 Å². The maximum absolute atomic E-state index is 9.41. The van der Waals surface area contributed by atoms with Crippen molar-refractivity contribution in [3.63, 3.8) is 0 Å². The molecule has 2 aromatic rings. The van der Waals surface area contributed by atoms with Crippen molar-refractivity contribution >= 4 is 11.3 Å². The molecular formula is C13H12OS. The Labute approximate surface area is 93.0 Å². The summed E-state index contributed by atoms with van der Waals surface area (Å²) in [7, 11) is 0. The minimum atomic E-state index is 0.379. The van der Waals surface area contributed by atoms with E-state index in [1.807, 2.05) is 23.5 Å². The number of phenolic OH excluding ortho intramolecular Hbond substituents is 1. The summed E-state index contributed by atoms with van der Waals surface area (Å²) in [5.41, 5.74) is 1.27. The molecule has 1 nitrogen and oxygen atoms in total. The van der Waals surface area contributed by atoms with E-state index in [4.69, 9.17) is 0 Å². The summed E-state index contributed by atoms with van der Waals surface area (Å²) in [6.07, 6.45) is 1.23. The highest BCUT2D eigenvalue weighted by Crippen LogP contribution is 2.55. The SMILES string of the molecule is Oc1cccc(C2CC2c2cccs2)c1. The van der Waals surface area contributed by atoms with Crippen LogP contribution in [0.25, 0.3) is 0 Å². The van der Waals surface area contributed by atoms with Crippen LogP contribution in [0.15, 0.2) is 41.8 Å². The Balaban J connectivity index is 1.82. The van der Waals surface area contributed by atoms with Gasteiger partial charge in [-0.05, 0) is 41.5 Å². The van der Waals surface area contributed by atoms with E-state index < -0.39 is 0 Å². The normalized spacial score (nSPS) is 24.0. The molecule has 0 radical (unpaired) electrons. The maximum atomic E-state index is 9.41. The van der Waals surface area contributed by atoms with E-state index in [-0.39, 0.29) is 0 Å². The number of benzene rings is 1. The standard InChI is InChI=1S/C13H12OS/c14-10-4-1-3-9(7-10)11-8-12(11)13-5-2-6-15-13/h1-7,11-12,14H,8H2. The minimum Gasteiger partial charge on any atom is -0.508 e. The third-order valence-corrected chi connectivity index (χ3v) is 4.00. The Hall–Kier alpha value is -1.28. The van der Waals surface area contributed by atoms with Crippen LogP contribution < -0.4 is 0 Å². The van der Waals surface area contributed by atoms with E-state index in [1.165, 1.54) is 16.9 Å². The molecule has 0 aliphatic heterocycles. The molecule has 0 spiro atoms. The zero-order valence-electron chi connectivity index (χ0n) is 8.26. The number of phenols is 1. The van der Waals surface area contributed by atoms with Crippen LogP contribution >= 0.6 is 11.3 Å². The van der Waals surface area contributed by atoms with Crippen LogP contribution in [0.2, 0.25) is 0 Å². The lowest BCUT2D eigenvalue weighted by Crippen LogP contribution is -1.81. The molecule has 2 atom stereocenters. The van der Waals surface area contributed by atoms with Crippen molar-refractivity contribution in [2.75, 3.05) is 0 Å². The number of hydrogen-bond acceptors (Lipinski definition) is 2. The van der Waals surface area contributed by atoms with E-state index in [0.717, 1.165) is 0 Å². The first-order valence-electron chi connectivity index (χ1n) is 5.17. The van der Waals surface area contributed by atoms with E-state index in [1.54, 1.807) is 6.07 Å². The molecule has 0 amide bonds. The van der Waals surface area contributed by atoms with Crippen LogP contribution in [-0.4, -0.2) is 5.11 Å². The van der Waals surface area contributed by atoms with Crippen molar-refractivity contribution in [3.05, 3.63) is 52.2 Å². The quantitative estimate of drug-likeness (QED) is 0.811. The maximum Gasteiger partial charge on any atom is 0.115 e. The summed E-state index contributed by atoms with van der Waals surface area (Å²) in [6, 6.07) is 12.0. The van der Waals surface area contributed by atoms with Gasteiger partial charge in [0.05, 0.1) is 0 Å². The van der Waals surface area contributed by atoms with Crippen LogP contribution in [0.1, 0.15) is 28.7 Å². The van der Waals surface area contributed by atoms with Gasteiger partial charge in [-0.1, -0.05) is 18.2 Å². The average molecular weight is 216 g/mol. The molecule has 1 aliphatic carbocycles. The summed E-state index contributed by atoms with van der Waals surface area (Å²) in [6.45, 7) is 0. The van der Waals surface area contributed by atoms with Gasteiger partial charge in [-0.2, -0.15) is 0 Å². The van der Waals surface area contributed by atoms with Gasteiger partial charge in [0.15, 0.2) is 0 Å². The summed E-state index contributed by atoms with van der Waals surface area (Å²) >= 11 is 1.83. The molecule has 0 saturated heterocycles. The van der Waals surface area contributed by atoms with Crippen molar-refractivity contribution in [3.8, 4) is 5.75 Å². The fraction of sp³-hybridized carbons (Fsp3) is 0.231. The number of aromatic hydroxyl groups is 1. The fourth-order valence-corrected chi connectivity index (χ4v) is 3.04. The topological polar surface area (TPSA) is 20.2 Å². The number of hydrogen-bond donors (Lipinski definition) is 1. The molecule has 0 bridgehead atoms. The van der Waals surface area contributed by atoms with Crippen molar-refractivity contribution < 1.29 is 5.11 Å². The van der Waals surface area contributed by atoms with Crippen molar-refractivity contribution in [1.29, 1.82) is 0 Å². The van der Waals surface area contributed by atoms with Gasteiger partial charge >= 0.3 is 0 Å². The van der Waals surface area contributed by atoms with Crippen LogP contribution in [0, 0.1) is 0 Å². The van der Waals surface area contributed by atoms with Gasteiger partial charge in [0, 0.05) is 10.8 Å². The zero-order valence-corrected chi connectivity index (χ0v) is 9.08. The molecule has 1 aliphatic rings. The molecule has 76 valence electrons. The van der Waals surface area contributed by atoms with Gasteiger partial charge in [-0.15, -0.1) is 11.3 Å². The first-order chi connectivity index (χ1) is 7.34. The molecule has 3 rings (SSSR count). The van der Waals surface area contributed by atoms with Crippen LogP contribution in [0.3, 0.4) is 0 Å². The first kappa shape index (κ1) is 8.98. The molecule has 2 unspecified atom stereocenters. The Morgan fingerprint density at radius 2 is 2.07 bits per heavy atom. The summed E-state index contributed by atoms with van der Waals surface area (Å²) < 4.78 is 0. The predicted molar refractivity (Wildman–Crippen MR) is 62.5 cm³/mol. The second-order valence-corrected chi connectivity index (χ2v) is 5.04. The highest BCUT2D eigenvalue weighted by atomic mass is 32.1. The highest BCUT2D eigenvalue weighted by Gasteiger charge is 2.40. The van der Waals surface area contributed by atoms with Crippen LogP contribution in [0.5, 0.6) is 5.75 Å². The van der Waals surface area contributed by atoms with E-state index in [2.05, 4.69) is 23.6 Å². The van der Waals surface area contributed by atoms with Crippen LogP contribution in [-0.2, 0) is 0 Å². The fourth-order valence-electron chi connectivity index (χ4n) is 2.14. The number of thiophene rings is 1. The second-order valence-electron chi connectivity index (χ2n) is 4.06. The lowest BCUT2D eigenvalue weighted by molar-refractivity contribution is 0.474. The van der Waals surface area contributed by atoms with Gasteiger partial charge < -0.3 is 5.11 Å². The van der Waals surface area contributed by atoms with E-state index in [9.17, 15) is 5.11 Å². The average Bonchev–Trinajstić information content (AvgIpc) is 2.86.